The van der Waals surface area contributed by atoms with E-state index in [9.17, 15) is 9.59 Å². The average Bonchev–Trinajstić information content (AvgIpc) is 2.98. The number of hydrogen-bond acceptors (Lipinski definition) is 5. The highest BCUT2D eigenvalue weighted by atomic mass is 16.5. The molecular weight excluding hydrogens is 276 g/mol. The van der Waals surface area contributed by atoms with E-state index < -0.39 is 11.9 Å². The van der Waals surface area contributed by atoms with Crippen molar-refractivity contribution in [2.45, 2.75) is 18.9 Å². The summed E-state index contributed by atoms with van der Waals surface area (Å²) in [6, 6.07) is 4.35. The van der Waals surface area contributed by atoms with E-state index in [-0.39, 0.29) is 0 Å². The molecule has 7 nitrogen and oxygen atoms in total. The van der Waals surface area contributed by atoms with Crippen molar-refractivity contribution in [1.29, 1.82) is 0 Å². The summed E-state index contributed by atoms with van der Waals surface area (Å²) in [5.74, 6) is -1.66. The Morgan fingerprint density at radius 3 is 2.57 bits per heavy atom. The lowest BCUT2D eigenvalue weighted by molar-refractivity contribution is -0.134. The number of carboxylic acids is 2. The molecule has 1 aromatic heterocycles. The molecule has 2 rings (SSSR count). The molecule has 0 saturated carbocycles. The summed E-state index contributed by atoms with van der Waals surface area (Å²) in [6.07, 6.45) is 7.10. The fraction of sp³-hybridized carbons (Fsp3) is 0.357. The molecule has 0 radical (unpaired) electrons. The summed E-state index contributed by atoms with van der Waals surface area (Å²) < 4.78 is 5.56. The maximum atomic E-state index is 9.55. The van der Waals surface area contributed by atoms with Gasteiger partial charge in [-0.1, -0.05) is 0 Å². The predicted octanol–water partition coefficient (Wildman–Crippen LogP) is 0.924. The van der Waals surface area contributed by atoms with E-state index in [2.05, 4.69) is 10.3 Å². The molecule has 1 fully saturated rings. The van der Waals surface area contributed by atoms with E-state index in [0.717, 1.165) is 18.9 Å². The van der Waals surface area contributed by atoms with Crippen LogP contribution in [0.1, 0.15) is 12.8 Å². The second-order valence-electron chi connectivity index (χ2n) is 4.30. The molecule has 0 aliphatic carbocycles. The van der Waals surface area contributed by atoms with Gasteiger partial charge in [0.2, 0.25) is 0 Å². The van der Waals surface area contributed by atoms with Crippen LogP contribution in [0.5, 0.6) is 5.75 Å². The number of nitrogens with one attached hydrogen (secondary N) is 1. The highest BCUT2D eigenvalue weighted by molar-refractivity contribution is 5.89. The number of ether oxygens (including phenoxy) is 1. The Kier molecular flexibility index (Phi) is 7.52. The van der Waals surface area contributed by atoms with Crippen LogP contribution in [0.2, 0.25) is 0 Å². The molecule has 21 heavy (non-hydrogen) atoms. The quantitative estimate of drug-likeness (QED) is 0.693. The molecule has 7 heteroatoms. The molecule has 0 bridgehead atoms. The number of carbonyl (C=O) groups is 2. The Labute approximate surface area is 122 Å². The molecule has 114 valence electrons. The van der Waals surface area contributed by atoms with Gasteiger partial charge in [-0.15, -0.1) is 0 Å². The summed E-state index contributed by atoms with van der Waals surface area (Å²) in [6.45, 7) is 1.88. The monoisotopic (exact) mass is 294 g/mol. The minimum atomic E-state index is -1.26. The molecule has 0 aromatic carbocycles. The Morgan fingerprint density at radius 1 is 1.38 bits per heavy atom. The minimum Gasteiger partial charge on any atom is -0.490 e. The first-order valence-corrected chi connectivity index (χ1v) is 6.48. The molecule has 1 saturated heterocycles. The molecule has 3 N–H and O–H groups in total. The second kappa shape index (κ2) is 9.49. The normalized spacial score (nSPS) is 17.0. The lowest BCUT2D eigenvalue weighted by atomic mass is 10.2. The van der Waals surface area contributed by atoms with Gasteiger partial charge in [-0.05, 0) is 31.5 Å². The van der Waals surface area contributed by atoms with Crippen molar-refractivity contribution in [3.63, 3.8) is 0 Å². The van der Waals surface area contributed by atoms with Crippen molar-refractivity contribution >= 4 is 11.9 Å². The smallest absolute Gasteiger partial charge is 0.328 e. The van der Waals surface area contributed by atoms with Crippen molar-refractivity contribution in [2.75, 3.05) is 13.2 Å². The van der Waals surface area contributed by atoms with Gasteiger partial charge in [0.25, 0.3) is 0 Å². The standard InChI is InChI=1S/C10H14N2O.C4H4O4/c1-3-9(12-6-1)8-13-10-4-2-5-11-7-10;5-3(6)1-2-4(7)8/h2,4-5,7,9,12H,1,3,6,8H2;1-2H,(H,5,6)(H,7,8)/b;2-1+/t9-;/m1./s1. The van der Waals surface area contributed by atoms with Crippen LogP contribution < -0.4 is 10.1 Å². The molecule has 1 aromatic rings. The molecule has 0 unspecified atom stereocenters. The van der Waals surface area contributed by atoms with Crippen molar-refractivity contribution in [2.24, 2.45) is 0 Å². The highest BCUT2D eigenvalue weighted by Gasteiger charge is 2.13. The van der Waals surface area contributed by atoms with E-state index in [4.69, 9.17) is 14.9 Å². The van der Waals surface area contributed by atoms with Crippen molar-refractivity contribution in [3.8, 4) is 5.75 Å². The minimum absolute atomic E-state index is 0.528. The summed E-state index contributed by atoms with van der Waals surface area (Å²) in [5, 5.41) is 19.0. The van der Waals surface area contributed by atoms with Crippen LogP contribution in [0.15, 0.2) is 36.7 Å². The van der Waals surface area contributed by atoms with Gasteiger partial charge in [-0.2, -0.15) is 0 Å². The van der Waals surface area contributed by atoms with E-state index in [1.165, 1.54) is 12.8 Å². The Bertz CT molecular complexity index is 454. The molecule has 2 heterocycles. The van der Waals surface area contributed by atoms with Gasteiger partial charge in [0.1, 0.15) is 12.4 Å². The fourth-order valence-corrected chi connectivity index (χ4v) is 1.67. The van der Waals surface area contributed by atoms with Gasteiger partial charge in [0.15, 0.2) is 0 Å². The number of aromatic nitrogens is 1. The van der Waals surface area contributed by atoms with Crippen LogP contribution in [0.3, 0.4) is 0 Å². The van der Waals surface area contributed by atoms with Crippen LogP contribution in [0.4, 0.5) is 0 Å². The summed E-state index contributed by atoms with van der Waals surface area (Å²) in [7, 11) is 0. The average molecular weight is 294 g/mol. The lowest BCUT2D eigenvalue weighted by Crippen LogP contribution is -2.28. The number of aliphatic carboxylic acids is 2. The first kappa shape index (κ1) is 16.6. The van der Waals surface area contributed by atoms with Crippen molar-refractivity contribution in [3.05, 3.63) is 36.7 Å². The summed E-state index contributed by atoms with van der Waals surface area (Å²) >= 11 is 0. The summed E-state index contributed by atoms with van der Waals surface area (Å²) in [5.41, 5.74) is 0. The number of nitrogens with zero attached hydrogens (tertiary/aromatic N) is 1. The van der Waals surface area contributed by atoms with E-state index in [1.54, 1.807) is 12.4 Å². The Balaban J connectivity index is 0.000000240. The van der Waals surface area contributed by atoms with Crippen LogP contribution in [-0.2, 0) is 9.59 Å². The highest BCUT2D eigenvalue weighted by Crippen LogP contribution is 2.10. The number of pyridine rings is 1. The van der Waals surface area contributed by atoms with Crippen molar-refractivity contribution in [1.82, 2.24) is 10.3 Å². The maximum Gasteiger partial charge on any atom is 0.328 e. The molecule has 1 aliphatic heterocycles. The number of rotatable bonds is 5. The third-order valence-electron chi connectivity index (χ3n) is 2.62. The van der Waals surface area contributed by atoms with Gasteiger partial charge in [0, 0.05) is 24.4 Å². The maximum absolute atomic E-state index is 9.55. The van der Waals surface area contributed by atoms with Crippen molar-refractivity contribution < 1.29 is 24.5 Å². The Hall–Kier alpha value is -2.41. The fourth-order valence-electron chi connectivity index (χ4n) is 1.67. The third kappa shape index (κ3) is 8.38. The topological polar surface area (TPSA) is 109 Å². The summed E-state index contributed by atoms with van der Waals surface area (Å²) in [4.78, 5) is 23.1. The third-order valence-corrected chi connectivity index (χ3v) is 2.62. The van der Waals surface area contributed by atoms with Gasteiger partial charge in [-0.25, -0.2) is 9.59 Å². The molecular formula is C14H18N2O5. The first-order chi connectivity index (χ1) is 10.1. The zero-order chi connectivity index (χ0) is 15.5. The zero-order valence-corrected chi connectivity index (χ0v) is 11.4. The number of carboxylic acid groups (broad SMARTS) is 2. The molecule has 0 spiro atoms. The van der Waals surface area contributed by atoms with Crippen LogP contribution >= 0.6 is 0 Å². The number of hydrogen-bond donors (Lipinski definition) is 3. The van der Waals surface area contributed by atoms with Gasteiger partial charge in [-0.3, -0.25) is 4.98 Å². The second-order valence-corrected chi connectivity index (χ2v) is 4.30. The molecule has 0 amide bonds. The van der Waals surface area contributed by atoms with E-state index in [0.29, 0.717) is 18.2 Å². The molecule has 1 atom stereocenters. The van der Waals surface area contributed by atoms with Gasteiger partial charge >= 0.3 is 11.9 Å². The van der Waals surface area contributed by atoms with Gasteiger partial charge < -0.3 is 20.3 Å². The van der Waals surface area contributed by atoms with Crippen LogP contribution in [0, 0.1) is 0 Å². The van der Waals surface area contributed by atoms with E-state index in [1.807, 2.05) is 12.1 Å². The SMILES string of the molecule is O=C(O)/C=C/C(=O)O.c1cncc(OC[C@H]2CCCN2)c1. The predicted molar refractivity (Wildman–Crippen MR) is 75.2 cm³/mol. The van der Waals surface area contributed by atoms with E-state index >= 15 is 0 Å². The van der Waals surface area contributed by atoms with Gasteiger partial charge in [0.05, 0.1) is 6.20 Å². The molecule has 1 aliphatic rings. The Morgan fingerprint density at radius 2 is 2.10 bits per heavy atom. The van der Waals surface area contributed by atoms with Crippen LogP contribution in [0.25, 0.3) is 0 Å². The largest absolute Gasteiger partial charge is 0.490 e. The zero-order valence-electron chi connectivity index (χ0n) is 11.4. The lowest BCUT2D eigenvalue weighted by Gasteiger charge is -2.11. The van der Waals surface area contributed by atoms with Crippen LogP contribution in [-0.4, -0.2) is 46.3 Å². The first-order valence-electron chi connectivity index (χ1n) is 6.48.